The zero-order valence-corrected chi connectivity index (χ0v) is 25.3. The summed E-state index contributed by atoms with van der Waals surface area (Å²) in [4.78, 5) is 12.9. The smallest absolute Gasteiger partial charge is 0.338 e. The monoisotopic (exact) mass is 536 g/mol. The van der Waals surface area contributed by atoms with Gasteiger partial charge in [-0.1, -0.05) is 53.9 Å². The van der Waals surface area contributed by atoms with Gasteiger partial charge in [0, 0.05) is 11.8 Å². The summed E-state index contributed by atoms with van der Waals surface area (Å²) in [5.74, 6) is 5.51. The second kappa shape index (κ2) is 10.1. The van der Waals surface area contributed by atoms with Gasteiger partial charge in [-0.25, -0.2) is 4.79 Å². The molecule has 5 aliphatic rings. The van der Waals surface area contributed by atoms with E-state index in [1.807, 2.05) is 12.1 Å². The van der Waals surface area contributed by atoms with E-state index < -0.39 is 0 Å². The molecule has 0 N–H and O–H groups in total. The lowest BCUT2D eigenvalue weighted by Crippen LogP contribution is -2.59. The topological polar surface area (TPSA) is 48.1 Å². The van der Waals surface area contributed by atoms with Crippen molar-refractivity contribution >= 4 is 5.97 Å². The highest BCUT2D eigenvalue weighted by atomic mass is 16.6. The molecule has 4 aliphatic carbocycles. The van der Waals surface area contributed by atoms with Crippen molar-refractivity contribution in [3.8, 4) is 5.75 Å². The number of epoxide rings is 1. The van der Waals surface area contributed by atoms with Gasteiger partial charge in [0.2, 0.25) is 0 Å². The van der Waals surface area contributed by atoms with Crippen LogP contribution in [0.1, 0.15) is 116 Å². The maximum atomic E-state index is 12.9. The molecule has 1 saturated heterocycles. The zero-order chi connectivity index (χ0) is 27.6. The molecular formula is C35H52O4. The number of ether oxygens (including phenoxy) is 3. The first-order chi connectivity index (χ1) is 18.6. The summed E-state index contributed by atoms with van der Waals surface area (Å²) in [5.41, 5.74) is 1.24. The van der Waals surface area contributed by atoms with Crippen LogP contribution in [0.2, 0.25) is 0 Å². The molecule has 1 aromatic rings. The third-order valence-corrected chi connectivity index (χ3v) is 12.8. The molecule has 10 atom stereocenters. The van der Waals surface area contributed by atoms with Gasteiger partial charge in [0.25, 0.3) is 0 Å². The molecule has 4 heteroatoms. The lowest BCUT2D eigenvalue weighted by molar-refractivity contribution is -0.118. The normalized spacial score (nSPS) is 43.1. The Balaban J connectivity index is 1.12. The molecule has 216 valence electrons. The molecule has 4 saturated carbocycles. The Morgan fingerprint density at radius 3 is 2.49 bits per heavy atom. The van der Waals surface area contributed by atoms with Crippen LogP contribution in [0.5, 0.6) is 5.75 Å². The number of carbonyl (C=O) groups excluding carboxylic acids is 1. The van der Waals surface area contributed by atoms with E-state index in [1.165, 1.54) is 51.4 Å². The van der Waals surface area contributed by atoms with Crippen LogP contribution >= 0.6 is 0 Å². The number of methoxy groups -OCH3 is 1. The Hall–Kier alpha value is -1.55. The van der Waals surface area contributed by atoms with Crippen molar-refractivity contribution < 1.29 is 19.0 Å². The van der Waals surface area contributed by atoms with Crippen molar-refractivity contribution in [1.29, 1.82) is 0 Å². The Labute approximate surface area is 236 Å². The summed E-state index contributed by atoms with van der Waals surface area (Å²) in [5, 5.41) is 0. The average molecular weight is 537 g/mol. The average Bonchev–Trinajstić information content (AvgIpc) is 3.49. The van der Waals surface area contributed by atoms with Gasteiger partial charge in [-0.3, -0.25) is 0 Å². The van der Waals surface area contributed by atoms with Gasteiger partial charge in [0.1, 0.15) is 17.5 Å². The Morgan fingerprint density at radius 2 is 1.77 bits per heavy atom. The van der Waals surface area contributed by atoms with Crippen LogP contribution in [0.15, 0.2) is 24.3 Å². The molecule has 0 amide bonds. The largest absolute Gasteiger partial charge is 0.497 e. The second-order valence-electron chi connectivity index (χ2n) is 15.1. The van der Waals surface area contributed by atoms with E-state index in [2.05, 4.69) is 34.6 Å². The first kappa shape index (κ1) is 27.6. The number of carbonyl (C=O) groups is 1. The van der Waals surface area contributed by atoms with E-state index in [9.17, 15) is 4.79 Å². The quantitative estimate of drug-likeness (QED) is 0.247. The molecule has 1 spiro atoms. The van der Waals surface area contributed by atoms with Crippen LogP contribution in [-0.4, -0.2) is 30.9 Å². The maximum absolute atomic E-state index is 12.9. The lowest BCUT2D eigenvalue weighted by atomic mass is 9.44. The Kier molecular flexibility index (Phi) is 7.13. The van der Waals surface area contributed by atoms with Gasteiger partial charge >= 0.3 is 5.97 Å². The van der Waals surface area contributed by atoms with Gasteiger partial charge in [0.15, 0.2) is 0 Å². The molecule has 5 fully saturated rings. The SMILES string of the molecule is COc1ccc(C(=O)O[C@H]2CC[C@]3(C)[C@H]4CC[C@]5(C)[C@@H]([C@@H](C)CCCC(C)C)CC[C@H]5[C@@H]4C[C@@H]4O[C@@]43C2)cc1. The standard InChI is InChI=1S/C35H52O4/c1-22(2)8-7-9-23(3)28-14-15-29-27-20-31-35(39-31)21-26(38-32(36)24-10-12-25(37-6)13-11-24)16-19-34(35,5)30(27)17-18-33(28,29)4/h10-13,22-23,26-31H,7-9,14-21H2,1-6H3/t23-,26-,27-,28+,29-,30-,31-,33+,34+,35-/m0/s1. The van der Waals surface area contributed by atoms with Gasteiger partial charge in [-0.05, 0) is 110 Å². The summed E-state index contributed by atoms with van der Waals surface area (Å²) in [6.45, 7) is 12.5. The van der Waals surface area contributed by atoms with Crippen LogP contribution in [0, 0.1) is 46.3 Å². The summed E-state index contributed by atoms with van der Waals surface area (Å²) < 4.78 is 18.1. The summed E-state index contributed by atoms with van der Waals surface area (Å²) in [6.07, 6.45) is 14.3. The fourth-order valence-corrected chi connectivity index (χ4v) is 10.7. The van der Waals surface area contributed by atoms with Crippen molar-refractivity contribution in [2.75, 3.05) is 7.11 Å². The lowest BCUT2D eigenvalue weighted by Gasteiger charge is -2.59. The first-order valence-electron chi connectivity index (χ1n) is 16.1. The zero-order valence-electron chi connectivity index (χ0n) is 25.3. The summed E-state index contributed by atoms with van der Waals surface area (Å²) in [7, 11) is 1.64. The molecule has 1 heterocycles. The van der Waals surface area contributed by atoms with E-state index in [0.717, 1.165) is 60.5 Å². The van der Waals surface area contributed by atoms with E-state index in [4.69, 9.17) is 14.2 Å². The number of benzene rings is 1. The van der Waals surface area contributed by atoms with Gasteiger partial charge in [-0.15, -0.1) is 0 Å². The summed E-state index contributed by atoms with van der Waals surface area (Å²) >= 11 is 0. The van der Waals surface area contributed by atoms with Gasteiger partial charge < -0.3 is 14.2 Å². The number of hydrogen-bond acceptors (Lipinski definition) is 4. The van der Waals surface area contributed by atoms with Crippen LogP contribution in [0.25, 0.3) is 0 Å². The van der Waals surface area contributed by atoms with Crippen molar-refractivity contribution in [2.24, 2.45) is 46.3 Å². The highest BCUT2D eigenvalue weighted by Gasteiger charge is 2.76. The van der Waals surface area contributed by atoms with Crippen molar-refractivity contribution in [3.63, 3.8) is 0 Å². The van der Waals surface area contributed by atoms with Crippen molar-refractivity contribution in [2.45, 2.75) is 123 Å². The maximum Gasteiger partial charge on any atom is 0.338 e. The molecule has 39 heavy (non-hydrogen) atoms. The minimum atomic E-state index is -0.221. The van der Waals surface area contributed by atoms with Crippen LogP contribution in [0.4, 0.5) is 0 Å². The molecule has 0 unspecified atom stereocenters. The predicted molar refractivity (Wildman–Crippen MR) is 155 cm³/mol. The fraction of sp³-hybridized carbons (Fsp3) is 0.800. The highest BCUT2D eigenvalue weighted by molar-refractivity contribution is 5.89. The Morgan fingerprint density at radius 1 is 1.00 bits per heavy atom. The van der Waals surface area contributed by atoms with Crippen molar-refractivity contribution in [1.82, 2.24) is 0 Å². The Bertz CT molecular complexity index is 1050. The van der Waals surface area contributed by atoms with Crippen LogP contribution < -0.4 is 4.74 Å². The molecule has 4 nitrogen and oxygen atoms in total. The number of hydrogen-bond donors (Lipinski definition) is 0. The van der Waals surface area contributed by atoms with Crippen LogP contribution in [-0.2, 0) is 9.47 Å². The van der Waals surface area contributed by atoms with Crippen LogP contribution in [0.3, 0.4) is 0 Å². The number of fused-ring (bicyclic) bond motifs is 4. The minimum Gasteiger partial charge on any atom is -0.497 e. The predicted octanol–water partition coefficient (Wildman–Crippen LogP) is 8.47. The van der Waals surface area contributed by atoms with E-state index in [-0.39, 0.29) is 23.1 Å². The molecule has 1 aromatic carbocycles. The van der Waals surface area contributed by atoms with E-state index >= 15 is 0 Å². The third kappa shape index (κ3) is 4.46. The van der Waals surface area contributed by atoms with E-state index in [0.29, 0.717) is 17.1 Å². The second-order valence-corrected chi connectivity index (χ2v) is 15.1. The minimum absolute atomic E-state index is 0.0503. The molecule has 0 radical (unpaired) electrons. The number of rotatable bonds is 8. The molecule has 0 aromatic heterocycles. The molecular weight excluding hydrogens is 484 g/mol. The summed E-state index contributed by atoms with van der Waals surface area (Å²) in [6, 6.07) is 7.25. The number of esters is 1. The van der Waals surface area contributed by atoms with Gasteiger partial charge in [-0.2, -0.15) is 0 Å². The molecule has 6 rings (SSSR count). The molecule has 1 aliphatic heterocycles. The highest BCUT2D eigenvalue weighted by Crippen LogP contribution is 2.74. The van der Waals surface area contributed by atoms with Crippen molar-refractivity contribution in [3.05, 3.63) is 29.8 Å². The third-order valence-electron chi connectivity index (χ3n) is 12.8. The van der Waals surface area contributed by atoms with E-state index in [1.54, 1.807) is 19.2 Å². The first-order valence-corrected chi connectivity index (χ1v) is 16.1. The van der Waals surface area contributed by atoms with Gasteiger partial charge in [0.05, 0.1) is 18.8 Å². The molecule has 0 bridgehead atoms. The fourth-order valence-electron chi connectivity index (χ4n) is 10.7.